The number of piperidine rings is 1. The topological polar surface area (TPSA) is 88.1 Å². The van der Waals surface area contributed by atoms with Gasteiger partial charge in [0.25, 0.3) is 11.8 Å². The highest BCUT2D eigenvalue weighted by Crippen LogP contribution is 2.29. The van der Waals surface area contributed by atoms with Gasteiger partial charge in [-0.05, 0) is 50.2 Å². The van der Waals surface area contributed by atoms with Crippen LogP contribution in [-0.4, -0.2) is 41.7 Å². The summed E-state index contributed by atoms with van der Waals surface area (Å²) < 4.78 is 1.72. The van der Waals surface area contributed by atoms with Crippen molar-refractivity contribution < 1.29 is 9.59 Å². The summed E-state index contributed by atoms with van der Waals surface area (Å²) in [6, 6.07) is 6.68. The summed E-state index contributed by atoms with van der Waals surface area (Å²) in [5.74, 6) is -0.451. The summed E-state index contributed by atoms with van der Waals surface area (Å²) in [5.41, 5.74) is 0.0974. The van der Waals surface area contributed by atoms with Crippen molar-refractivity contribution in [1.29, 1.82) is 0 Å². The fourth-order valence-electron chi connectivity index (χ4n) is 3.08. The van der Waals surface area contributed by atoms with Crippen molar-refractivity contribution in [2.45, 2.75) is 18.4 Å². The van der Waals surface area contributed by atoms with E-state index in [9.17, 15) is 9.59 Å². The second kappa shape index (κ2) is 7.25. The molecule has 3 rings (SSSR count). The first kappa shape index (κ1) is 17.4. The molecule has 1 aliphatic rings. The van der Waals surface area contributed by atoms with E-state index in [4.69, 9.17) is 11.6 Å². The molecule has 0 atom stereocenters. The quantitative estimate of drug-likeness (QED) is 0.772. The molecule has 2 aromatic rings. The van der Waals surface area contributed by atoms with Gasteiger partial charge in [-0.3, -0.25) is 14.3 Å². The summed E-state index contributed by atoms with van der Waals surface area (Å²) in [5, 5.41) is 13.4. The third kappa shape index (κ3) is 3.38. The number of carbonyl (C=O) groups is 2. The van der Waals surface area contributed by atoms with Crippen molar-refractivity contribution in [3.8, 4) is 0 Å². The van der Waals surface area contributed by atoms with Crippen LogP contribution in [0.1, 0.15) is 23.2 Å². The van der Waals surface area contributed by atoms with Crippen LogP contribution >= 0.6 is 11.6 Å². The maximum absolute atomic E-state index is 13.1. The molecule has 1 aromatic heterocycles. The molecule has 3 N–H and O–H groups in total. The van der Waals surface area contributed by atoms with Crippen molar-refractivity contribution in [3.05, 3.63) is 47.2 Å². The van der Waals surface area contributed by atoms with E-state index in [0.717, 1.165) is 13.1 Å². The molecule has 2 heterocycles. The molecule has 0 radical (unpaired) electrons. The van der Waals surface area contributed by atoms with E-state index in [1.54, 1.807) is 29.1 Å². The van der Waals surface area contributed by atoms with Crippen LogP contribution in [-0.2, 0) is 10.3 Å². The van der Waals surface area contributed by atoms with Crippen LogP contribution in [0.15, 0.2) is 36.7 Å². The van der Waals surface area contributed by atoms with E-state index < -0.39 is 5.54 Å². The Morgan fingerprint density at radius 1 is 1.32 bits per heavy atom. The maximum atomic E-state index is 13.1. The highest BCUT2D eigenvalue weighted by Gasteiger charge is 2.42. The van der Waals surface area contributed by atoms with Gasteiger partial charge in [0.15, 0.2) is 0 Å². The van der Waals surface area contributed by atoms with Crippen LogP contribution in [0, 0.1) is 0 Å². The molecule has 0 unspecified atom stereocenters. The summed E-state index contributed by atoms with van der Waals surface area (Å²) in [6.07, 6.45) is 4.75. The smallest absolute Gasteiger partial charge is 0.252 e. The number of rotatable bonds is 4. The molecule has 7 nitrogen and oxygen atoms in total. The van der Waals surface area contributed by atoms with E-state index in [-0.39, 0.29) is 11.8 Å². The summed E-state index contributed by atoms with van der Waals surface area (Å²) in [4.78, 5) is 25.0. The minimum absolute atomic E-state index is 0.150. The summed E-state index contributed by atoms with van der Waals surface area (Å²) in [7, 11) is 1.53. The number of benzene rings is 1. The Kier molecular flexibility index (Phi) is 5.06. The van der Waals surface area contributed by atoms with Crippen molar-refractivity contribution in [3.63, 3.8) is 0 Å². The lowest BCUT2D eigenvalue weighted by atomic mass is 9.87. The van der Waals surface area contributed by atoms with Crippen LogP contribution < -0.4 is 16.0 Å². The molecular weight excluding hydrogens is 342 g/mol. The monoisotopic (exact) mass is 361 g/mol. The van der Waals surface area contributed by atoms with Gasteiger partial charge in [0, 0.05) is 25.1 Å². The minimum atomic E-state index is -0.748. The third-order valence-corrected chi connectivity index (χ3v) is 4.82. The molecule has 1 aromatic carbocycles. The maximum Gasteiger partial charge on any atom is 0.252 e. The molecule has 1 aliphatic heterocycles. The normalized spacial score (nSPS) is 16.2. The number of hydrogen-bond acceptors (Lipinski definition) is 4. The average Bonchev–Trinajstić information content (AvgIpc) is 3.18. The molecular formula is C17H20ClN5O2. The molecule has 0 spiro atoms. The van der Waals surface area contributed by atoms with Crippen molar-refractivity contribution in [2.24, 2.45) is 0 Å². The Morgan fingerprint density at radius 2 is 2.08 bits per heavy atom. The second-order valence-corrected chi connectivity index (χ2v) is 6.37. The second-order valence-electron chi connectivity index (χ2n) is 5.96. The van der Waals surface area contributed by atoms with Crippen LogP contribution in [0.4, 0.5) is 5.69 Å². The number of nitrogens with zero attached hydrogens (tertiary/aromatic N) is 2. The number of hydrogen-bond donors (Lipinski definition) is 3. The van der Waals surface area contributed by atoms with Gasteiger partial charge in [-0.15, -0.1) is 0 Å². The van der Waals surface area contributed by atoms with E-state index in [0.29, 0.717) is 29.1 Å². The van der Waals surface area contributed by atoms with Gasteiger partial charge in [0.1, 0.15) is 5.54 Å². The SMILES string of the molecule is CNC(=O)c1cc(NC(=O)C2(n3cccn3)CCNCC2)ccc1Cl. The zero-order chi connectivity index (χ0) is 17.9. The van der Waals surface area contributed by atoms with Crippen LogP contribution in [0.25, 0.3) is 0 Å². The molecule has 8 heteroatoms. The van der Waals surface area contributed by atoms with Crippen molar-refractivity contribution in [1.82, 2.24) is 20.4 Å². The summed E-state index contributed by atoms with van der Waals surface area (Å²) >= 11 is 6.07. The standard InChI is InChI=1S/C17H20ClN5O2/c1-19-15(24)13-11-12(3-4-14(13)18)22-16(25)17(5-8-20-9-6-17)23-10-2-7-21-23/h2-4,7,10-11,20H,5-6,8-9H2,1H3,(H,19,24)(H,22,25). The van der Waals surface area contributed by atoms with Gasteiger partial charge in [-0.1, -0.05) is 11.6 Å². The lowest BCUT2D eigenvalue weighted by Crippen LogP contribution is -2.52. The Bertz CT molecular complexity index is 769. The number of anilines is 1. The first-order valence-corrected chi connectivity index (χ1v) is 8.48. The molecule has 132 valence electrons. The molecule has 0 bridgehead atoms. The predicted octanol–water partition coefficient (Wildman–Crippen LogP) is 1.61. The first-order valence-electron chi connectivity index (χ1n) is 8.11. The van der Waals surface area contributed by atoms with Gasteiger partial charge >= 0.3 is 0 Å². The van der Waals surface area contributed by atoms with Gasteiger partial charge in [-0.2, -0.15) is 5.10 Å². The lowest BCUT2D eigenvalue weighted by molar-refractivity contribution is -0.126. The molecule has 1 fully saturated rings. The Hall–Kier alpha value is -2.38. The molecule has 2 amide bonds. The van der Waals surface area contributed by atoms with Crippen LogP contribution in [0.3, 0.4) is 0 Å². The van der Waals surface area contributed by atoms with Gasteiger partial charge in [0.05, 0.1) is 10.6 Å². The highest BCUT2D eigenvalue weighted by atomic mass is 35.5. The first-order chi connectivity index (χ1) is 12.1. The number of amides is 2. The Labute approximate surface area is 150 Å². The number of aromatic nitrogens is 2. The Balaban J connectivity index is 1.89. The third-order valence-electron chi connectivity index (χ3n) is 4.49. The fraction of sp³-hybridized carbons (Fsp3) is 0.353. The summed E-state index contributed by atoms with van der Waals surface area (Å²) in [6.45, 7) is 1.47. The molecule has 25 heavy (non-hydrogen) atoms. The van der Waals surface area contributed by atoms with Gasteiger partial charge in [-0.25, -0.2) is 0 Å². The van der Waals surface area contributed by atoms with E-state index in [1.807, 2.05) is 12.3 Å². The predicted molar refractivity (Wildman–Crippen MR) is 95.8 cm³/mol. The average molecular weight is 362 g/mol. The van der Waals surface area contributed by atoms with Gasteiger partial charge < -0.3 is 16.0 Å². The zero-order valence-electron chi connectivity index (χ0n) is 13.9. The van der Waals surface area contributed by atoms with Gasteiger partial charge in [0.2, 0.25) is 0 Å². The van der Waals surface area contributed by atoms with Crippen LogP contribution in [0.5, 0.6) is 0 Å². The number of halogens is 1. The Morgan fingerprint density at radius 3 is 2.72 bits per heavy atom. The van der Waals surface area contributed by atoms with E-state index in [2.05, 4.69) is 21.0 Å². The molecule has 0 aliphatic carbocycles. The number of carbonyl (C=O) groups excluding carboxylic acids is 2. The number of nitrogens with one attached hydrogen (secondary N) is 3. The molecule has 0 saturated carbocycles. The van der Waals surface area contributed by atoms with Crippen LogP contribution in [0.2, 0.25) is 5.02 Å². The largest absolute Gasteiger partial charge is 0.355 e. The van der Waals surface area contributed by atoms with E-state index >= 15 is 0 Å². The van der Waals surface area contributed by atoms with Crippen molar-refractivity contribution >= 4 is 29.1 Å². The van der Waals surface area contributed by atoms with E-state index in [1.165, 1.54) is 7.05 Å². The zero-order valence-corrected chi connectivity index (χ0v) is 14.6. The minimum Gasteiger partial charge on any atom is -0.355 e. The van der Waals surface area contributed by atoms with Crippen molar-refractivity contribution in [2.75, 3.05) is 25.5 Å². The lowest BCUT2D eigenvalue weighted by Gasteiger charge is -2.36. The highest BCUT2D eigenvalue weighted by molar-refractivity contribution is 6.34. The molecule has 1 saturated heterocycles. The fourth-order valence-corrected chi connectivity index (χ4v) is 3.29.